The summed E-state index contributed by atoms with van der Waals surface area (Å²) in [7, 11) is 0. The van der Waals surface area contributed by atoms with Gasteiger partial charge >= 0.3 is 5.97 Å². The van der Waals surface area contributed by atoms with E-state index in [1.807, 2.05) is 30.3 Å². The highest BCUT2D eigenvalue weighted by Gasteiger charge is 2.31. The molecular formula is C23H25N3O3S. The van der Waals surface area contributed by atoms with E-state index < -0.39 is 0 Å². The van der Waals surface area contributed by atoms with Gasteiger partial charge in [-0.3, -0.25) is 9.36 Å². The van der Waals surface area contributed by atoms with Crippen LogP contribution in [0.15, 0.2) is 59.8 Å². The van der Waals surface area contributed by atoms with Crippen molar-refractivity contribution in [2.24, 2.45) is 0 Å². The predicted molar refractivity (Wildman–Crippen MR) is 116 cm³/mol. The van der Waals surface area contributed by atoms with Crippen LogP contribution in [0.2, 0.25) is 0 Å². The molecule has 0 N–H and O–H groups in total. The Labute approximate surface area is 180 Å². The lowest BCUT2D eigenvalue weighted by molar-refractivity contribution is -0.137. The zero-order chi connectivity index (χ0) is 20.9. The number of thioether (sulfide) groups is 1. The summed E-state index contributed by atoms with van der Waals surface area (Å²) >= 11 is 1.42. The van der Waals surface area contributed by atoms with Crippen molar-refractivity contribution in [3.8, 4) is 5.75 Å². The number of hydrogen-bond acceptors (Lipinski definition) is 6. The van der Waals surface area contributed by atoms with Crippen LogP contribution >= 0.6 is 11.8 Å². The van der Waals surface area contributed by atoms with E-state index in [9.17, 15) is 4.79 Å². The summed E-state index contributed by atoms with van der Waals surface area (Å²) < 4.78 is 13.2. The molecule has 0 amide bonds. The first-order chi connectivity index (χ1) is 14.7. The number of nitrogens with zero attached hydrogens (tertiary/aromatic N) is 3. The Morgan fingerprint density at radius 2 is 1.93 bits per heavy atom. The van der Waals surface area contributed by atoms with Gasteiger partial charge in [0.05, 0.1) is 12.6 Å². The van der Waals surface area contributed by atoms with Gasteiger partial charge in [-0.25, -0.2) is 0 Å². The van der Waals surface area contributed by atoms with Crippen molar-refractivity contribution >= 4 is 17.7 Å². The van der Waals surface area contributed by atoms with Crippen LogP contribution in [-0.2, 0) is 22.6 Å². The standard InChI is InChI=1S/C23H25N3O3S/c1-3-17-9-11-19(12-10-17)29-15-21-24-25-23(30-20-13-14-28-22(20)27)26(21)16(2)18-7-5-4-6-8-18/h4-12,16,20H,3,13-15H2,1-2H3/t16-,20+/m1/s1. The molecule has 7 heteroatoms. The van der Waals surface area contributed by atoms with Crippen molar-refractivity contribution in [3.63, 3.8) is 0 Å². The number of aromatic nitrogens is 3. The Balaban J connectivity index is 1.59. The second kappa shape index (κ2) is 9.34. The van der Waals surface area contributed by atoms with Gasteiger partial charge in [-0.15, -0.1) is 10.2 Å². The molecule has 2 heterocycles. The Morgan fingerprint density at radius 3 is 2.60 bits per heavy atom. The maximum Gasteiger partial charge on any atom is 0.319 e. The van der Waals surface area contributed by atoms with E-state index in [1.54, 1.807) is 0 Å². The SMILES string of the molecule is CCc1ccc(OCc2nnc(S[C@H]3CCOC3=O)n2[C@H](C)c2ccccc2)cc1. The quantitative estimate of drug-likeness (QED) is 0.499. The Hall–Kier alpha value is -2.80. The highest BCUT2D eigenvalue weighted by atomic mass is 32.2. The van der Waals surface area contributed by atoms with Crippen molar-refractivity contribution in [2.75, 3.05) is 6.61 Å². The topological polar surface area (TPSA) is 66.2 Å². The molecular weight excluding hydrogens is 398 g/mol. The molecule has 0 saturated carbocycles. The van der Waals surface area contributed by atoms with E-state index in [0.29, 0.717) is 24.8 Å². The third-order valence-electron chi connectivity index (χ3n) is 5.24. The number of ether oxygens (including phenoxy) is 2. The number of cyclic esters (lactones) is 1. The fraction of sp³-hybridized carbons (Fsp3) is 0.348. The van der Waals surface area contributed by atoms with E-state index >= 15 is 0 Å². The summed E-state index contributed by atoms with van der Waals surface area (Å²) in [5.74, 6) is 1.33. The lowest BCUT2D eigenvalue weighted by Crippen LogP contribution is -2.16. The first-order valence-electron chi connectivity index (χ1n) is 10.2. The van der Waals surface area contributed by atoms with Crippen molar-refractivity contribution in [1.82, 2.24) is 14.8 Å². The molecule has 0 radical (unpaired) electrons. The summed E-state index contributed by atoms with van der Waals surface area (Å²) in [5, 5.41) is 9.24. The Morgan fingerprint density at radius 1 is 1.17 bits per heavy atom. The fourth-order valence-corrected chi connectivity index (χ4v) is 4.53. The molecule has 4 rings (SSSR count). The van der Waals surface area contributed by atoms with Crippen LogP contribution in [0.25, 0.3) is 0 Å². The second-order valence-corrected chi connectivity index (χ2v) is 8.37. The molecule has 0 bridgehead atoms. The highest BCUT2D eigenvalue weighted by molar-refractivity contribution is 8.00. The smallest absolute Gasteiger partial charge is 0.319 e. The van der Waals surface area contributed by atoms with Gasteiger partial charge in [0.1, 0.15) is 17.6 Å². The van der Waals surface area contributed by atoms with Crippen LogP contribution in [0, 0.1) is 0 Å². The average Bonchev–Trinajstić information content (AvgIpc) is 3.38. The van der Waals surface area contributed by atoms with Crippen molar-refractivity contribution in [2.45, 2.75) is 49.7 Å². The summed E-state index contributed by atoms with van der Waals surface area (Å²) in [6.45, 7) is 4.99. The molecule has 2 atom stereocenters. The molecule has 1 aliphatic rings. The Bertz CT molecular complexity index is 989. The van der Waals surface area contributed by atoms with E-state index in [2.05, 4.69) is 52.9 Å². The summed E-state index contributed by atoms with van der Waals surface area (Å²) in [4.78, 5) is 12.0. The van der Waals surface area contributed by atoms with E-state index in [4.69, 9.17) is 9.47 Å². The molecule has 1 aliphatic heterocycles. The van der Waals surface area contributed by atoms with Gasteiger partial charge in [-0.1, -0.05) is 61.2 Å². The van der Waals surface area contributed by atoms with Crippen LogP contribution < -0.4 is 4.74 Å². The number of benzene rings is 2. The van der Waals surface area contributed by atoms with Crippen LogP contribution in [-0.4, -0.2) is 32.6 Å². The first kappa shape index (κ1) is 20.5. The van der Waals surface area contributed by atoms with Crippen LogP contribution in [0.3, 0.4) is 0 Å². The van der Waals surface area contributed by atoms with Crippen molar-refractivity contribution < 1.29 is 14.3 Å². The fourth-order valence-electron chi connectivity index (χ4n) is 3.44. The lowest BCUT2D eigenvalue weighted by atomic mass is 10.1. The normalized spacial score (nSPS) is 17.0. The van der Waals surface area contributed by atoms with Gasteiger partial charge in [-0.05, 0) is 36.6 Å². The number of carbonyl (C=O) groups excluding carboxylic acids is 1. The third-order valence-corrected chi connectivity index (χ3v) is 6.44. The number of hydrogen-bond donors (Lipinski definition) is 0. The van der Waals surface area contributed by atoms with Gasteiger partial charge in [0, 0.05) is 6.42 Å². The molecule has 30 heavy (non-hydrogen) atoms. The van der Waals surface area contributed by atoms with E-state index in [1.165, 1.54) is 17.3 Å². The van der Waals surface area contributed by atoms with E-state index in [0.717, 1.165) is 23.6 Å². The molecule has 1 fully saturated rings. The number of esters is 1. The first-order valence-corrected chi connectivity index (χ1v) is 11.1. The minimum Gasteiger partial charge on any atom is -0.486 e. The number of carbonyl (C=O) groups is 1. The van der Waals surface area contributed by atoms with Gasteiger partial charge in [0.25, 0.3) is 0 Å². The molecule has 3 aromatic rings. The number of aryl methyl sites for hydroxylation is 1. The van der Waals surface area contributed by atoms with Gasteiger partial charge < -0.3 is 9.47 Å². The van der Waals surface area contributed by atoms with Gasteiger partial charge in [0.2, 0.25) is 0 Å². The molecule has 1 aromatic heterocycles. The molecule has 6 nitrogen and oxygen atoms in total. The monoisotopic (exact) mass is 423 g/mol. The molecule has 1 saturated heterocycles. The maximum absolute atomic E-state index is 12.0. The molecule has 0 spiro atoms. The molecule has 156 valence electrons. The molecule has 0 unspecified atom stereocenters. The summed E-state index contributed by atoms with van der Waals surface area (Å²) in [6, 6.07) is 18.3. The zero-order valence-electron chi connectivity index (χ0n) is 17.2. The van der Waals surface area contributed by atoms with Crippen LogP contribution in [0.5, 0.6) is 5.75 Å². The van der Waals surface area contributed by atoms with Crippen LogP contribution in [0.4, 0.5) is 0 Å². The predicted octanol–water partition coefficient (Wildman–Crippen LogP) is 4.44. The Kier molecular flexibility index (Phi) is 6.38. The number of rotatable bonds is 8. The van der Waals surface area contributed by atoms with Crippen molar-refractivity contribution in [1.29, 1.82) is 0 Å². The van der Waals surface area contributed by atoms with Gasteiger partial charge in [0.15, 0.2) is 11.0 Å². The minimum absolute atomic E-state index is 0.00203. The summed E-state index contributed by atoms with van der Waals surface area (Å²) in [5.41, 5.74) is 2.41. The van der Waals surface area contributed by atoms with Crippen molar-refractivity contribution in [3.05, 3.63) is 71.5 Å². The second-order valence-electron chi connectivity index (χ2n) is 7.20. The summed E-state index contributed by atoms with van der Waals surface area (Å²) in [6.07, 6.45) is 1.68. The average molecular weight is 424 g/mol. The highest BCUT2D eigenvalue weighted by Crippen LogP contribution is 2.32. The molecule has 0 aliphatic carbocycles. The largest absolute Gasteiger partial charge is 0.486 e. The maximum atomic E-state index is 12.0. The third kappa shape index (κ3) is 4.51. The zero-order valence-corrected chi connectivity index (χ0v) is 18.0. The molecule has 2 aromatic carbocycles. The van der Waals surface area contributed by atoms with E-state index in [-0.39, 0.29) is 17.3 Å². The van der Waals surface area contributed by atoms with Gasteiger partial charge in [-0.2, -0.15) is 0 Å². The lowest BCUT2D eigenvalue weighted by Gasteiger charge is -2.19. The van der Waals surface area contributed by atoms with Crippen LogP contribution in [0.1, 0.15) is 43.3 Å². The minimum atomic E-state index is -0.244.